The minimum Gasteiger partial charge on any atom is -0.490 e. The summed E-state index contributed by atoms with van der Waals surface area (Å²) in [6.07, 6.45) is 3.58. The number of aromatic nitrogens is 1. The fraction of sp³-hybridized carbons (Fsp3) is 0.421. The number of ether oxygens (including phenoxy) is 2. The molecule has 1 aromatic carbocycles. The molecule has 0 bridgehead atoms. The Morgan fingerprint density at radius 3 is 2.71 bits per heavy atom. The van der Waals surface area contributed by atoms with E-state index in [2.05, 4.69) is 9.88 Å². The van der Waals surface area contributed by atoms with Crippen LogP contribution in [-0.2, 0) is 11.3 Å². The predicted octanol–water partition coefficient (Wildman–Crippen LogP) is 2.03. The van der Waals surface area contributed by atoms with Gasteiger partial charge < -0.3 is 14.6 Å². The Morgan fingerprint density at radius 2 is 1.96 bits per heavy atom. The topological polar surface area (TPSA) is 54.8 Å². The Morgan fingerprint density at radius 1 is 1.21 bits per heavy atom. The molecule has 1 aliphatic heterocycles. The number of hydrogen-bond acceptors (Lipinski definition) is 5. The number of hydrogen-bond donors (Lipinski definition) is 1. The third-order valence-corrected chi connectivity index (χ3v) is 4.12. The largest absolute Gasteiger partial charge is 0.490 e. The highest BCUT2D eigenvalue weighted by molar-refractivity contribution is 5.26. The first kappa shape index (κ1) is 16.9. The van der Waals surface area contributed by atoms with E-state index in [9.17, 15) is 5.11 Å². The van der Waals surface area contributed by atoms with Crippen LogP contribution in [0.25, 0.3) is 0 Å². The second kappa shape index (κ2) is 7.75. The van der Waals surface area contributed by atoms with Crippen molar-refractivity contribution < 1.29 is 14.6 Å². The van der Waals surface area contributed by atoms with Crippen molar-refractivity contribution in [3.05, 3.63) is 59.9 Å². The number of pyridine rings is 1. The summed E-state index contributed by atoms with van der Waals surface area (Å²) in [5.41, 5.74) is 1.34. The SMILES string of the molecule is Cc1ccc(OC[C@]2(O)COCCN(Cc3ccncc3)C2)cc1. The van der Waals surface area contributed by atoms with Crippen molar-refractivity contribution in [2.24, 2.45) is 0 Å². The van der Waals surface area contributed by atoms with Crippen LogP contribution in [0.3, 0.4) is 0 Å². The molecule has 24 heavy (non-hydrogen) atoms. The average molecular weight is 328 g/mol. The van der Waals surface area contributed by atoms with Crippen LogP contribution in [0.5, 0.6) is 5.75 Å². The molecule has 3 rings (SSSR count). The van der Waals surface area contributed by atoms with Crippen LogP contribution in [0.2, 0.25) is 0 Å². The fourth-order valence-electron chi connectivity index (χ4n) is 2.82. The zero-order chi connectivity index (χ0) is 16.8. The summed E-state index contributed by atoms with van der Waals surface area (Å²) >= 11 is 0. The molecule has 1 aliphatic rings. The fourth-order valence-corrected chi connectivity index (χ4v) is 2.82. The van der Waals surface area contributed by atoms with Gasteiger partial charge in [0.2, 0.25) is 0 Å². The van der Waals surface area contributed by atoms with Crippen LogP contribution in [0.4, 0.5) is 0 Å². The third kappa shape index (κ3) is 4.77. The maximum atomic E-state index is 10.9. The Hall–Kier alpha value is -1.95. The minimum atomic E-state index is -1.02. The van der Waals surface area contributed by atoms with Crippen molar-refractivity contribution in [3.63, 3.8) is 0 Å². The second-order valence-corrected chi connectivity index (χ2v) is 6.44. The Bertz CT molecular complexity index is 633. The number of nitrogens with zero attached hydrogens (tertiary/aromatic N) is 2. The number of benzene rings is 1. The normalized spacial score (nSPS) is 22.1. The molecule has 128 valence electrons. The van der Waals surface area contributed by atoms with Crippen molar-refractivity contribution in [2.75, 3.05) is 32.9 Å². The van der Waals surface area contributed by atoms with Crippen LogP contribution in [0, 0.1) is 6.92 Å². The smallest absolute Gasteiger partial charge is 0.134 e. The van der Waals surface area contributed by atoms with Crippen LogP contribution in [-0.4, -0.2) is 53.5 Å². The lowest BCUT2D eigenvalue weighted by atomic mass is 10.1. The van der Waals surface area contributed by atoms with E-state index in [1.165, 1.54) is 11.1 Å². The Labute approximate surface area is 142 Å². The van der Waals surface area contributed by atoms with Crippen molar-refractivity contribution in [1.82, 2.24) is 9.88 Å². The van der Waals surface area contributed by atoms with Crippen LogP contribution >= 0.6 is 0 Å². The van der Waals surface area contributed by atoms with Gasteiger partial charge in [-0.15, -0.1) is 0 Å². The molecular weight excluding hydrogens is 304 g/mol. The molecule has 1 saturated heterocycles. The highest BCUT2D eigenvalue weighted by Gasteiger charge is 2.33. The Balaban J connectivity index is 1.61. The van der Waals surface area contributed by atoms with E-state index in [0.717, 1.165) is 18.8 Å². The van der Waals surface area contributed by atoms with Gasteiger partial charge in [0.15, 0.2) is 0 Å². The summed E-state index contributed by atoms with van der Waals surface area (Å²) in [6, 6.07) is 11.8. The van der Waals surface area contributed by atoms with Gasteiger partial charge in [0, 0.05) is 32.0 Å². The monoisotopic (exact) mass is 328 g/mol. The van der Waals surface area contributed by atoms with E-state index < -0.39 is 5.60 Å². The number of aryl methyl sites for hydroxylation is 1. The van der Waals surface area contributed by atoms with E-state index >= 15 is 0 Å². The molecule has 2 aromatic rings. The molecule has 1 atom stereocenters. The number of aliphatic hydroxyl groups is 1. The molecule has 1 fully saturated rings. The van der Waals surface area contributed by atoms with Crippen LogP contribution in [0.15, 0.2) is 48.8 Å². The van der Waals surface area contributed by atoms with Crippen LogP contribution < -0.4 is 4.74 Å². The molecule has 0 aliphatic carbocycles. The molecule has 0 spiro atoms. The second-order valence-electron chi connectivity index (χ2n) is 6.44. The molecule has 1 aromatic heterocycles. The molecule has 0 saturated carbocycles. The van der Waals surface area contributed by atoms with Gasteiger partial charge in [0.1, 0.15) is 18.0 Å². The van der Waals surface area contributed by atoms with E-state index in [0.29, 0.717) is 13.2 Å². The lowest BCUT2D eigenvalue weighted by Crippen LogP contribution is -2.48. The van der Waals surface area contributed by atoms with Gasteiger partial charge in [-0.25, -0.2) is 0 Å². The third-order valence-electron chi connectivity index (χ3n) is 4.12. The van der Waals surface area contributed by atoms with Gasteiger partial charge in [-0.2, -0.15) is 0 Å². The summed E-state index contributed by atoms with van der Waals surface area (Å²) in [6.45, 7) is 5.20. The van der Waals surface area contributed by atoms with Crippen molar-refractivity contribution in [3.8, 4) is 5.75 Å². The zero-order valence-corrected chi connectivity index (χ0v) is 14.0. The lowest BCUT2D eigenvalue weighted by Gasteiger charge is -2.30. The number of rotatable bonds is 5. The standard InChI is InChI=1S/C19H24N2O3/c1-16-2-4-18(5-3-16)24-15-19(22)13-21(10-11-23-14-19)12-17-6-8-20-9-7-17/h2-9,22H,10-15H2,1H3/t19-/m1/s1. The van der Waals surface area contributed by atoms with E-state index in [-0.39, 0.29) is 13.2 Å². The van der Waals surface area contributed by atoms with Gasteiger partial charge in [-0.1, -0.05) is 17.7 Å². The van der Waals surface area contributed by atoms with Gasteiger partial charge in [-0.05, 0) is 36.8 Å². The van der Waals surface area contributed by atoms with Crippen LogP contribution in [0.1, 0.15) is 11.1 Å². The highest BCUT2D eigenvalue weighted by atomic mass is 16.5. The van der Waals surface area contributed by atoms with Gasteiger partial charge in [0.05, 0.1) is 13.2 Å². The molecular formula is C19H24N2O3. The van der Waals surface area contributed by atoms with Crippen molar-refractivity contribution >= 4 is 0 Å². The van der Waals surface area contributed by atoms with E-state index in [4.69, 9.17) is 9.47 Å². The molecule has 5 nitrogen and oxygen atoms in total. The van der Waals surface area contributed by atoms with Gasteiger partial charge in [0.25, 0.3) is 0 Å². The first-order valence-corrected chi connectivity index (χ1v) is 8.24. The molecule has 1 N–H and O–H groups in total. The van der Waals surface area contributed by atoms with Crippen molar-refractivity contribution in [2.45, 2.75) is 19.1 Å². The van der Waals surface area contributed by atoms with Gasteiger partial charge in [-0.3, -0.25) is 9.88 Å². The molecule has 0 amide bonds. The molecule has 0 unspecified atom stereocenters. The van der Waals surface area contributed by atoms with Gasteiger partial charge >= 0.3 is 0 Å². The summed E-state index contributed by atoms with van der Waals surface area (Å²) in [5.74, 6) is 0.763. The summed E-state index contributed by atoms with van der Waals surface area (Å²) in [7, 11) is 0. The average Bonchev–Trinajstić information content (AvgIpc) is 2.77. The highest BCUT2D eigenvalue weighted by Crippen LogP contribution is 2.18. The first-order chi connectivity index (χ1) is 11.6. The first-order valence-electron chi connectivity index (χ1n) is 8.24. The number of β-amino-alcohol motifs (C(OH)–C–C–N with tert-alkyl or cyclic N) is 1. The summed E-state index contributed by atoms with van der Waals surface area (Å²) < 4.78 is 11.4. The van der Waals surface area contributed by atoms with E-state index in [1.54, 1.807) is 12.4 Å². The lowest BCUT2D eigenvalue weighted by molar-refractivity contribution is -0.0646. The summed E-state index contributed by atoms with van der Waals surface area (Å²) in [5, 5.41) is 10.9. The quantitative estimate of drug-likeness (QED) is 0.910. The van der Waals surface area contributed by atoms with E-state index in [1.807, 2.05) is 43.3 Å². The molecule has 2 heterocycles. The predicted molar refractivity (Wildman–Crippen MR) is 92.0 cm³/mol. The zero-order valence-electron chi connectivity index (χ0n) is 14.0. The molecule has 0 radical (unpaired) electrons. The minimum absolute atomic E-state index is 0.211. The Kier molecular flexibility index (Phi) is 5.45. The maximum absolute atomic E-state index is 10.9. The maximum Gasteiger partial charge on any atom is 0.134 e. The molecule has 5 heteroatoms. The summed E-state index contributed by atoms with van der Waals surface area (Å²) in [4.78, 5) is 6.24. The van der Waals surface area contributed by atoms with Crippen molar-refractivity contribution in [1.29, 1.82) is 0 Å².